The lowest BCUT2D eigenvalue weighted by atomic mass is 10.0. The lowest BCUT2D eigenvalue weighted by Gasteiger charge is -2.08. The van der Waals surface area contributed by atoms with Gasteiger partial charge < -0.3 is 15.0 Å². The highest BCUT2D eigenvalue weighted by Gasteiger charge is 2.26. The maximum Gasteiger partial charge on any atom is 0.222 e. The monoisotopic (exact) mass is 230 g/mol. The quantitative estimate of drug-likeness (QED) is 0.880. The molecule has 0 radical (unpaired) electrons. The van der Waals surface area contributed by atoms with Crippen molar-refractivity contribution in [1.29, 1.82) is 0 Å². The Kier molecular flexibility index (Phi) is 2.28. The molecule has 17 heavy (non-hydrogen) atoms. The maximum atomic E-state index is 5.51. The van der Waals surface area contributed by atoms with E-state index in [9.17, 15) is 0 Å². The van der Waals surface area contributed by atoms with Gasteiger partial charge in [-0.05, 0) is 30.4 Å². The summed E-state index contributed by atoms with van der Waals surface area (Å²) in [7, 11) is 1.70. The number of ether oxygens (including phenoxy) is 1. The first-order valence-electron chi connectivity index (χ1n) is 5.68. The lowest BCUT2D eigenvalue weighted by molar-refractivity contribution is 0.410. The van der Waals surface area contributed by atoms with Gasteiger partial charge in [0.25, 0.3) is 0 Å². The molecule has 3 rings (SSSR count). The van der Waals surface area contributed by atoms with Gasteiger partial charge in [0.05, 0.1) is 7.11 Å². The molecule has 1 fully saturated rings. The lowest BCUT2D eigenvalue weighted by Crippen LogP contribution is -1.91. The minimum Gasteiger partial charge on any atom is -0.496 e. The Morgan fingerprint density at radius 1 is 1.35 bits per heavy atom. The van der Waals surface area contributed by atoms with Gasteiger partial charge in [0.2, 0.25) is 5.88 Å². The largest absolute Gasteiger partial charge is 0.496 e. The van der Waals surface area contributed by atoms with Crippen molar-refractivity contribution in [2.24, 2.45) is 0 Å². The average Bonchev–Trinajstić information content (AvgIpc) is 3.11. The smallest absolute Gasteiger partial charge is 0.222 e. The van der Waals surface area contributed by atoms with Crippen molar-refractivity contribution in [3.63, 3.8) is 0 Å². The molecular weight excluding hydrogens is 216 g/mol. The Labute approximate surface area is 99.4 Å². The van der Waals surface area contributed by atoms with E-state index < -0.39 is 0 Å². The highest BCUT2D eigenvalue weighted by molar-refractivity contribution is 5.64. The van der Waals surface area contributed by atoms with E-state index in [0.717, 1.165) is 17.0 Å². The van der Waals surface area contributed by atoms with Gasteiger partial charge >= 0.3 is 0 Å². The minimum atomic E-state index is 0.324. The molecule has 1 aromatic carbocycles. The van der Waals surface area contributed by atoms with E-state index in [2.05, 4.69) is 11.2 Å². The molecule has 1 saturated carbocycles. The van der Waals surface area contributed by atoms with Gasteiger partial charge in [-0.3, -0.25) is 0 Å². The highest BCUT2D eigenvalue weighted by Crippen LogP contribution is 2.45. The zero-order chi connectivity index (χ0) is 11.8. The normalized spacial score (nSPS) is 14.9. The number of aromatic nitrogens is 1. The zero-order valence-electron chi connectivity index (χ0n) is 9.64. The predicted molar refractivity (Wildman–Crippen MR) is 64.9 cm³/mol. The number of nitrogens with zero attached hydrogens (tertiary/aromatic N) is 1. The summed E-state index contributed by atoms with van der Waals surface area (Å²) < 4.78 is 10.3. The van der Waals surface area contributed by atoms with Crippen LogP contribution in [0.15, 0.2) is 28.8 Å². The van der Waals surface area contributed by atoms with Gasteiger partial charge in [0.1, 0.15) is 11.4 Å². The van der Waals surface area contributed by atoms with E-state index >= 15 is 0 Å². The molecule has 2 aromatic rings. The van der Waals surface area contributed by atoms with Gasteiger partial charge in [-0.2, -0.15) is 0 Å². The summed E-state index contributed by atoms with van der Waals surface area (Å²) in [6, 6.07) is 7.85. The first kappa shape index (κ1) is 10.2. The molecule has 0 aliphatic heterocycles. The highest BCUT2D eigenvalue weighted by atomic mass is 16.5. The average molecular weight is 230 g/mol. The molecular formula is C13H14N2O2. The summed E-state index contributed by atoms with van der Waals surface area (Å²) in [4.78, 5) is 0. The fourth-order valence-electron chi connectivity index (χ4n) is 2.03. The van der Waals surface area contributed by atoms with Gasteiger partial charge in [0.15, 0.2) is 0 Å². The van der Waals surface area contributed by atoms with Gasteiger partial charge in [-0.15, -0.1) is 0 Å². The third-order valence-corrected chi connectivity index (χ3v) is 3.07. The second-order valence-electron chi connectivity index (χ2n) is 4.35. The number of methoxy groups -OCH3 is 1. The first-order chi connectivity index (χ1) is 8.28. The summed E-state index contributed by atoms with van der Waals surface area (Å²) >= 11 is 0. The van der Waals surface area contributed by atoms with Crippen LogP contribution in [0.25, 0.3) is 11.3 Å². The van der Waals surface area contributed by atoms with Crippen molar-refractivity contribution in [1.82, 2.24) is 5.16 Å². The third kappa shape index (κ3) is 1.86. The Bertz CT molecular complexity index is 544. The van der Waals surface area contributed by atoms with Crippen LogP contribution >= 0.6 is 0 Å². The van der Waals surface area contributed by atoms with Crippen LogP contribution in [0.4, 0.5) is 5.88 Å². The number of hydrogen-bond acceptors (Lipinski definition) is 4. The topological polar surface area (TPSA) is 61.3 Å². The Morgan fingerprint density at radius 2 is 2.18 bits per heavy atom. The Balaban J connectivity index is 2.01. The fraction of sp³-hybridized carbons (Fsp3) is 0.308. The number of anilines is 1. The predicted octanol–water partition coefficient (Wildman–Crippen LogP) is 2.81. The molecule has 1 aliphatic carbocycles. The number of benzene rings is 1. The second kappa shape index (κ2) is 3.80. The maximum absolute atomic E-state index is 5.51. The van der Waals surface area contributed by atoms with Crippen LogP contribution in [0, 0.1) is 0 Å². The number of nitrogens with two attached hydrogens (primary N) is 1. The summed E-state index contributed by atoms with van der Waals surface area (Å²) in [5, 5.41) is 3.90. The van der Waals surface area contributed by atoms with Crippen molar-refractivity contribution in [3.05, 3.63) is 29.8 Å². The van der Waals surface area contributed by atoms with Gasteiger partial charge in [-0.25, -0.2) is 0 Å². The van der Waals surface area contributed by atoms with E-state index in [1.807, 2.05) is 12.1 Å². The van der Waals surface area contributed by atoms with Gasteiger partial charge in [0, 0.05) is 11.6 Å². The third-order valence-electron chi connectivity index (χ3n) is 3.07. The molecule has 0 spiro atoms. The molecule has 0 amide bonds. The van der Waals surface area contributed by atoms with Crippen LogP contribution in [-0.4, -0.2) is 12.3 Å². The van der Waals surface area contributed by atoms with Crippen molar-refractivity contribution in [2.75, 3.05) is 12.8 Å². The van der Waals surface area contributed by atoms with Gasteiger partial charge in [-0.1, -0.05) is 17.3 Å². The SMILES string of the molecule is COc1cc(-c2cc(N)on2)ccc1C1CC1. The second-order valence-corrected chi connectivity index (χ2v) is 4.35. The molecule has 4 heteroatoms. The molecule has 1 heterocycles. The molecule has 1 aliphatic rings. The molecule has 0 saturated heterocycles. The molecule has 0 unspecified atom stereocenters. The molecule has 2 N–H and O–H groups in total. The zero-order valence-corrected chi connectivity index (χ0v) is 9.64. The van der Waals surface area contributed by atoms with Crippen molar-refractivity contribution in [3.8, 4) is 17.0 Å². The Morgan fingerprint density at radius 3 is 2.76 bits per heavy atom. The van der Waals surface area contributed by atoms with E-state index in [0.29, 0.717) is 11.8 Å². The van der Waals surface area contributed by atoms with Crippen molar-refractivity contribution in [2.45, 2.75) is 18.8 Å². The Hall–Kier alpha value is -1.97. The standard InChI is InChI=1S/C13H14N2O2/c1-16-12-6-9(11-7-13(14)17-15-11)4-5-10(12)8-2-3-8/h4-8H,2-3,14H2,1H3. The number of hydrogen-bond donors (Lipinski definition) is 1. The first-order valence-corrected chi connectivity index (χ1v) is 5.68. The van der Waals surface area contributed by atoms with Crippen molar-refractivity contribution >= 4 is 5.88 Å². The van der Waals surface area contributed by atoms with Crippen LogP contribution in [0.5, 0.6) is 5.75 Å². The minimum absolute atomic E-state index is 0.324. The van der Waals surface area contributed by atoms with Crippen LogP contribution in [0.1, 0.15) is 24.3 Å². The molecule has 0 atom stereocenters. The molecule has 1 aromatic heterocycles. The molecule has 4 nitrogen and oxygen atoms in total. The summed E-state index contributed by atoms with van der Waals surface area (Å²) in [6.07, 6.45) is 2.51. The van der Waals surface area contributed by atoms with E-state index in [1.165, 1.54) is 18.4 Å². The molecule has 88 valence electrons. The number of rotatable bonds is 3. The summed E-state index contributed by atoms with van der Waals surface area (Å²) in [6.45, 7) is 0. The summed E-state index contributed by atoms with van der Waals surface area (Å²) in [5.41, 5.74) is 8.50. The number of nitrogen functional groups attached to an aromatic ring is 1. The van der Waals surface area contributed by atoms with Crippen molar-refractivity contribution < 1.29 is 9.26 Å². The van der Waals surface area contributed by atoms with Crippen LogP contribution in [0.2, 0.25) is 0 Å². The molecule has 0 bridgehead atoms. The van der Waals surface area contributed by atoms with Crippen LogP contribution < -0.4 is 10.5 Å². The van der Waals surface area contributed by atoms with E-state index in [1.54, 1.807) is 13.2 Å². The van der Waals surface area contributed by atoms with E-state index in [4.69, 9.17) is 15.0 Å². The van der Waals surface area contributed by atoms with Crippen LogP contribution in [0.3, 0.4) is 0 Å². The van der Waals surface area contributed by atoms with Crippen LogP contribution in [-0.2, 0) is 0 Å². The van der Waals surface area contributed by atoms with E-state index in [-0.39, 0.29) is 0 Å². The fourth-order valence-corrected chi connectivity index (χ4v) is 2.03. The summed E-state index contributed by atoms with van der Waals surface area (Å²) in [5.74, 6) is 1.91.